The van der Waals surface area contributed by atoms with Gasteiger partial charge in [-0.3, -0.25) is 9.59 Å². The van der Waals surface area contributed by atoms with E-state index in [4.69, 9.17) is 9.47 Å². The van der Waals surface area contributed by atoms with Crippen LogP contribution in [0.3, 0.4) is 0 Å². The van der Waals surface area contributed by atoms with Crippen molar-refractivity contribution < 1.29 is 19.1 Å². The third kappa shape index (κ3) is 3.12. The Morgan fingerprint density at radius 3 is 2.32 bits per heavy atom. The SMILES string of the molecule is CC(=O)Oc1cccc2c(Br)cc(OC(C)=O)c-2c1. The van der Waals surface area contributed by atoms with Gasteiger partial charge in [-0.15, -0.1) is 0 Å². The van der Waals surface area contributed by atoms with E-state index in [1.54, 1.807) is 24.3 Å². The number of hydrogen-bond acceptors (Lipinski definition) is 4. The zero-order valence-electron chi connectivity index (χ0n) is 10.4. The normalized spacial score (nSPS) is 10.3. The fraction of sp³-hybridized carbons (Fsp3) is 0.143. The average Bonchev–Trinajstić information content (AvgIpc) is 2.48. The van der Waals surface area contributed by atoms with Gasteiger partial charge in [-0.1, -0.05) is 28.1 Å². The van der Waals surface area contributed by atoms with E-state index in [0.29, 0.717) is 17.1 Å². The summed E-state index contributed by atoms with van der Waals surface area (Å²) < 4.78 is 11.0. The van der Waals surface area contributed by atoms with Crippen molar-refractivity contribution in [3.63, 3.8) is 0 Å². The molecule has 0 aromatic rings. The summed E-state index contributed by atoms with van der Waals surface area (Å²) >= 11 is 3.40. The Labute approximate surface area is 118 Å². The minimum Gasteiger partial charge on any atom is -0.427 e. The Morgan fingerprint density at radius 2 is 1.68 bits per heavy atom. The molecule has 2 aliphatic rings. The molecule has 0 aromatic carbocycles. The fourth-order valence-corrected chi connectivity index (χ4v) is 2.30. The summed E-state index contributed by atoms with van der Waals surface area (Å²) in [6.07, 6.45) is 0. The van der Waals surface area contributed by atoms with Crippen molar-refractivity contribution in [2.75, 3.05) is 0 Å². The van der Waals surface area contributed by atoms with E-state index >= 15 is 0 Å². The van der Waals surface area contributed by atoms with Gasteiger partial charge in [0.2, 0.25) is 0 Å². The lowest BCUT2D eigenvalue weighted by molar-refractivity contribution is -0.132. The Hall–Kier alpha value is -1.88. The Bertz CT molecular complexity index is 621. The number of fused-ring (bicyclic) bond motifs is 1. The Balaban J connectivity index is 2.53. The molecular weight excluding hydrogens is 312 g/mol. The van der Waals surface area contributed by atoms with Gasteiger partial charge in [0, 0.05) is 23.9 Å². The maximum Gasteiger partial charge on any atom is 0.308 e. The number of hydrogen-bond donors (Lipinski definition) is 0. The molecule has 0 fully saturated rings. The molecule has 0 aliphatic heterocycles. The smallest absolute Gasteiger partial charge is 0.308 e. The maximum atomic E-state index is 11.1. The summed E-state index contributed by atoms with van der Waals surface area (Å²) in [6, 6.07) is 8.66. The van der Waals surface area contributed by atoms with E-state index in [0.717, 1.165) is 10.0 Å². The first-order chi connectivity index (χ1) is 8.97. The summed E-state index contributed by atoms with van der Waals surface area (Å²) in [5.74, 6) is 0.0203. The summed E-state index contributed by atoms with van der Waals surface area (Å²) in [5, 5.41) is 0. The second-order valence-corrected chi connectivity index (χ2v) is 4.80. The molecular formula is C14H11BrO4. The molecule has 98 valence electrons. The van der Waals surface area contributed by atoms with Crippen LogP contribution in [0.5, 0.6) is 11.5 Å². The largest absolute Gasteiger partial charge is 0.427 e. The molecule has 0 saturated heterocycles. The standard InChI is InChI=1S/C14H11BrO4/c1-8(16)18-10-4-3-5-11-12(6-10)14(7-13(11)15)19-9(2)17/h3-7H,1-2H3. The van der Waals surface area contributed by atoms with Crippen LogP contribution < -0.4 is 9.47 Å². The predicted octanol–water partition coefficient (Wildman–Crippen LogP) is 3.40. The van der Waals surface area contributed by atoms with Crippen molar-refractivity contribution in [1.29, 1.82) is 0 Å². The van der Waals surface area contributed by atoms with Gasteiger partial charge >= 0.3 is 11.9 Å². The second kappa shape index (κ2) is 5.40. The number of esters is 2. The second-order valence-electron chi connectivity index (χ2n) is 3.94. The monoisotopic (exact) mass is 322 g/mol. The number of carbonyl (C=O) groups is 2. The topological polar surface area (TPSA) is 52.6 Å². The molecule has 0 bridgehead atoms. The van der Waals surface area contributed by atoms with Gasteiger partial charge in [0.15, 0.2) is 0 Å². The average molecular weight is 323 g/mol. The molecule has 0 unspecified atom stereocenters. The predicted molar refractivity (Wildman–Crippen MR) is 73.4 cm³/mol. The lowest BCUT2D eigenvalue weighted by Crippen LogP contribution is -2.01. The molecule has 2 rings (SSSR count). The third-order valence-corrected chi connectivity index (χ3v) is 3.05. The molecule has 0 saturated carbocycles. The quantitative estimate of drug-likeness (QED) is 0.795. The highest BCUT2D eigenvalue weighted by Crippen LogP contribution is 2.42. The van der Waals surface area contributed by atoms with Crippen molar-refractivity contribution >= 4 is 27.9 Å². The maximum absolute atomic E-state index is 11.1. The van der Waals surface area contributed by atoms with Crippen LogP contribution in [0, 0.1) is 0 Å². The van der Waals surface area contributed by atoms with Crippen molar-refractivity contribution in [3.8, 4) is 22.6 Å². The molecule has 0 radical (unpaired) electrons. The number of carbonyl (C=O) groups excluding carboxylic acids is 2. The molecule has 0 atom stereocenters. The van der Waals surface area contributed by atoms with E-state index in [2.05, 4.69) is 15.9 Å². The van der Waals surface area contributed by atoms with Crippen molar-refractivity contribution in [3.05, 3.63) is 34.8 Å². The van der Waals surface area contributed by atoms with Crippen molar-refractivity contribution in [2.45, 2.75) is 13.8 Å². The van der Waals surface area contributed by atoms with Gasteiger partial charge in [-0.2, -0.15) is 0 Å². The zero-order chi connectivity index (χ0) is 14.0. The molecule has 0 N–H and O–H groups in total. The summed E-state index contributed by atoms with van der Waals surface area (Å²) in [4.78, 5) is 22.1. The molecule has 19 heavy (non-hydrogen) atoms. The fourth-order valence-electron chi connectivity index (χ4n) is 1.75. The van der Waals surface area contributed by atoms with E-state index in [-0.39, 0.29) is 0 Å². The number of rotatable bonds is 2. The lowest BCUT2D eigenvalue weighted by Gasteiger charge is -2.02. The summed E-state index contributed by atoms with van der Waals surface area (Å²) in [6.45, 7) is 2.67. The summed E-state index contributed by atoms with van der Waals surface area (Å²) in [7, 11) is 0. The third-order valence-electron chi connectivity index (χ3n) is 2.40. The van der Waals surface area contributed by atoms with Crippen LogP contribution in [0.1, 0.15) is 13.8 Å². The molecule has 5 heteroatoms. The van der Waals surface area contributed by atoms with Crippen LogP contribution in [-0.2, 0) is 9.59 Å². The number of ether oxygens (including phenoxy) is 2. The molecule has 0 heterocycles. The van der Waals surface area contributed by atoms with Gasteiger partial charge in [0.1, 0.15) is 11.5 Å². The van der Waals surface area contributed by atoms with Crippen LogP contribution in [0.4, 0.5) is 0 Å². The molecule has 0 amide bonds. The Kier molecular flexibility index (Phi) is 3.85. The summed E-state index contributed by atoms with van der Waals surface area (Å²) in [5.41, 5.74) is 1.57. The highest BCUT2D eigenvalue weighted by molar-refractivity contribution is 9.10. The van der Waals surface area contributed by atoms with Gasteiger partial charge in [-0.05, 0) is 23.8 Å². The van der Waals surface area contributed by atoms with Crippen molar-refractivity contribution in [1.82, 2.24) is 0 Å². The first-order valence-electron chi connectivity index (χ1n) is 5.56. The number of halogens is 1. The van der Waals surface area contributed by atoms with Gasteiger partial charge in [0.25, 0.3) is 0 Å². The highest BCUT2D eigenvalue weighted by Gasteiger charge is 2.17. The Morgan fingerprint density at radius 1 is 1.00 bits per heavy atom. The zero-order valence-corrected chi connectivity index (χ0v) is 12.0. The lowest BCUT2D eigenvalue weighted by atomic mass is 10.2. The molecule has 4 nitrogen and oxygen atoms in total. The van der Waals surface area contributed by atoms with Crippen LogP contribution in [0.15, 0.2) is 34.8 Å². The van der Waals surface area contributed by atoms with Gasteiger partial charge < -0.3 is 9.47 Å². The van der Waals surface area contributed by atoms with E-state index < -0.39 is 11.9 Å². The first kappa shape index (κ1) is 13.5. The van der Waals surface area contributed by atoms with E-state index in [9.17, 15) is 9.59 Å². The van der Waals surface area contributed by atoms with Crippen LogP contribution in [0.2, 0.25) is 0 Å². The molecule has 2 aliphatic carbocycles. The van der Waals surface area contributed by atoms with Crippen LogP contribution in [-0.4, -0.2) is 11.9 Å². The van der Waals surface area contributed by atoms with E-state index in [1.807, 2.05) is 6.07 Å². The van der Waals surface area contributed by atoms with Crippen LogP contribution in [0.25, 0.3) is 11.1 Å². The van der Waals surface area contributed by atoms with Gasteiger partial charge in [-0.25, -0.2) is 0 Å². The van der Waals surface area contributed by atoms with Gasteiger partial charge in [0.05, 0.1) is 0 Å². The highest BCUT2D eigenvalue weighted by atomic mass is 79.9. The van der Waals surface area contributed by atoms with E-state index in [1.165, 1.54) is 13.8 Å². The molecule has 0 aromatic heterocycles. The van der Waals surface area contributed by atoms with Crippen molar-refractivity contribution in [2.24, 2.45) is 0 Å². The minimum absolute atomic E-state index is 0.397. The molecule has 0 spiro atoms. The minimum atomic E-state index is -0.404. The van der Waals surface area contributed by atoms with Crippen LogP contribution >= 0.6 is 15.9 Å². The first-order valence-corrected chi connectivity index (χ1v) is 6.36.